The average Bonchev–Trinajstić information content (AvgIpc) is 2.39. The fraction of sp³-hybridized carbons (Fsp3) is 0.133. The number of rotatable bonds is 4. The van der Waals surface area contributed by atoms with E-state index in [-0.39, 0.29) is 0 Å². The molecule has 0 saturated carbocycles. The SMILES string of the molecule is N#Cc1ccc(NCCc2cc(F)cc(F)c2)c(Br)c1. The summed E-state index contributed by atoms with van der Waals surface area (Å²) in [6.07, 6.45) is 0.501. The first-order valence-corrected chi connectivity index (χ1v) is 6.76. The van der Waals surface area contributed by atoms with Gasteiger partial charge in [-0.15, -0.1) is 0 Å². The molecule has 0 aliphatic rings. The highest BCUT2D eigenvalue weighted by atomic mass is 79.9. The van der Waals surface area contributed by atoms with E-state index in [0.29, 0.717) is 24.1 Å². The fourth-order valence-corrected chi connectivity index (χ4v) is 2.34. The Balaban J connectivity index is 1.98. The lowest BCUT2D eigenvalue weighted by atomic mass is 10.1. The normalized spacial score (nSPS) is 10.1. The van der Waals surface area contributed by atoms with Gasteiger partial charge < -0.3 is 5.32 Å². The second kappa shape index (κ2) is 6.49. The summed E-state index contributed by atoms with van der Waals surface area (Å²) in [6, 6.07) is 10.7. The topological polar surface area (TPSA) is 35.8 Å². The largest absolute Gasteiger partial charge is 0.384 e. The zero-order chi connectivity index (χ0) is 14.5. The number of hydrogen-bond donors (Lipinski definition) is 1. The molecule has 2 aromatic rings. The van der Waals surface area contributed by atoms with Gasteiger partial charge in [-0.1, -0.05) is 0 Å². The van der Waals surface area contributed by atoms with Crippen molar-refractivity contribution in [1.82, 2.24) is 0 Å². The molecule has 0 fully saturated rings. The third-order valence-corrected chi connectivity index (χ3v) is 3.41. The van der Waals surface area contributed by atoms with Crippen molar-refractivity contribution < 1.29 is 8.78 Å². The second-order valence-electron chi connectivity index (χ2n) is 4.26. The molecule has 0 aliphatic heterocycles. The fourth-order valence-electron chi connectivity index (χ4n) is 1.82. The van der Waals surface area contributed by atoms with Gasteiger partial charge in [0.1, 0.15) is 11.6 Å². The van der Waals surface area contributed by atoms with Crippen molar-refractivity contribution >= 4 is 21.6 Å². The number of nitriles is 1. The number of hydrogen-bond acceptors (Lipinski definition) is 2. The Hall–Kier alpha value is -1.93. The highest BCUT2D eigenvalue weighted by molar-refractivity contribution is 9.10. The van der Waals surface area contributed by atoms with Crippen LogP contribution in [0, 0.1) is 23.0 Å². The van der Waals surface area contributed by atoms with Gasteiger partial charge in [0.05, 0.1) is 11.6 Å². The third-order valence-electron chi connectivity index (χ3n) is 2.75. The Morgan fingerprint density at radius 2 is 1.80 bits per heavy atom. The van der Waals surface area contributed by atoms with Crippen LogP contribution in [0.25, 0.3) is 0 Å². The minimum Gasteiger partial charge on any atom is -0.384 e. The molecule has 20 heavy (non-hydrogen) atoms. The number of benzene rings is 2. The Bertz CT molecular complexity index is 645. The summed E-state index contributed by atoms with van der Waals surface area (Å²) in [7, 11) is 0. The number of halogens is 3. The Morgan fingerprint density at radius 1 is 1.10 bits per heavy atom. The van der Waals surface area contributed by atoms with Crippen LogP contribution < -0.4 is 5.32 Å². The van der Waals surface area contributed by atoms with Gasteiger partial charge in [-0.25, -0.2) is 8.78 Å². The molecule has 0 atom stereocenters. The predicted molar refractivity (Wildman–Crippen MR) is 77.4 cm³/mol. The quantitative estimate of drug-likeness (QED) is 0.905. The van der Waals surface area contributed by atoms with Gasteiger partial charge in [0.15, 0.2) is 0 Å². The van der Waals surface area contributed by atoms with Crippen LogP contribution in [-0.2, 0) is 6.42 Å². The molecule has 2 nitrogen and oxygen atoms in total. The van der Waals surface area contributed by atoms with Gasteiger partial charge in [-0.2, -0.15) is 5.26 Å². The van der Waals surface area contributed by atoms with Crippen LogP contribution in [0.1, 0.15) is 11.1 Å². The van der Waals surface area contributed by atoms with Crippen molar-refractivity contribution in [3.05, 3.63) is 63.6 Å². The molecule has 1 N–H and O–H groups in total. The molecule has 2 rings (SSSR count). The van der Waals surface area contributed by atoms with E-state index in [1.54, 1.807) is 18.2 Å². The molecule has 0 unspecified atom stereocenters. The molecule has 0 saturated heterocycles. The van der Waals surface area contributed by atoms with Crippen molar-refractivity contribution in [3.63, 3.8) is 0 Å². The molecule has 5 heteroatoms. The van der Waals surface area contributed by atoms with E-state index in [2.05, 4.69) is 21.2 Å². The van der Waals surface area contributed by atoms with Gasteiger partial charge in [0, 0.05) is 22.8 Å². The van der Waals surface area contributed by atoms with Gasteiger partial charge in [-0.3, -0.25) is 0 Å². The smallest absolute Gasteiger partial charge is 0.126 e. The van der Waals surface area contributed by atoms with Crippen molar-refractivity contribution in [2.75, 3.05) is 11.9 Å². The van der Waals surface area contributed by atoms with Crippen LogP contribution in [0.15, 0.2) is 40.9 Å². The molecule has 0 amide bonds. The highest BCUT2D eigenvalue weighted by Crippen LogP contribution is 2.23. The van der Waals surface area contributed by atoms with Gasteiger partial charge in [0.25, 0.3) is 0 Å². The maximum absolute atomic E-state index is 13.0. The zero-order valence-electron chi connectivity index (χ0n) is 10.5. The van der Waals surface area contributed by atoms with Crippen molar-refractivity contribution in [2.45, 2.75) is 6.42 Å². The number of anilines is 1. The summed E-state index contributed by atoms with van der Waals surface area (Å²) >= 11 is 3.36. The van der Waals surface area contributed by atoms with Crippen LogP contribution in [0.5, 0.6) is 0 Å². The highest BCUT2D eigenvalue weighted by Gasteiger charge is 2.03. The minimum atomic E-state index is -0.570. The summed E-state index contributed by atoms with van der Waals surface area (Å²) in [4.78, 5) is 0. The molecular weight excluding hydrogens is 326 g/mol. The van der Waals surface area contributed by atoms with Crippen LogP contribution in [0.2, 0.25) is 0 Å². The number of nitrogens with one attached hydrogen (secondary N) is 1. The summed E-state index contributed by atoms with van der Waals surface area (Å²) < 4.78 is 26.8. The lowest BCUT2D eigenvalue weighted by Crippen LogP contribution is -2.06. The maximum Gasteiger partial charge on any atom is 0.126 e. The molecule has 102 valence electrons. The van der Waals surface area contributed by atoms with Gasteiger partial charge in [0.2, 0.25) is 0 Å². The monoisotopic (exact) mass is 336 g/mol. The van der Waals surface area contributed by atoms with Crippen LogP contribution in [0.4, 0.5) is 14.5 Å². The van der Waals surface area contributed by atoms with Crippen LogP contribution in [-0.4, -0.2) is 6.54 Å². The van der Waals surface area contributed by atoms with E-state index in [1.807, 2.05) is 6.07 Å². The van der Waals surface area contributed by atoms with Gasteiger partial charge in [-0.05, 0) is 58.2 Å². The first-order chi connectivity index (χ1) is 9.58. The van der Waals surface area contributed by atoms with E-state index < -0.39 is 11.6 Å². The summed E-state index contributed by atoms with van der Waals surface area (Å²) in [5.74, 6) is -1.14. The summed E-state index contributed by atoms with van der Waals surface area (Å²) in [5.41, 5.74) is 2.00. The first-order valence-electron chi connectivity index (χ1n) is 5.97. The maximum atomic E-state index is 13.0. The average molecular weight is 337 g/mol. The third kappa shape index (κ3) is 3.78. The molecular formula is C15H11BrF2N2. The summed E-state index contributed by atoms with van der Waals surface area (Å²) in [6.45, 7) is 0.535. The van der Waals surface area contributed by atoms with E-state index >= 15 is 0 Å². The van der Waals surface area contributed by atoms with E-state index in [4.69, 9.17) is 5.26 Å². The molecule has 0 radical (unpaired) electrons. The summed E-state index contributed by atoms with van der Waals surface area (Å²) in [5, 5.41) is 11.9. The zero-order valence-corrected chi connectivity index (χ0v) is 12.0. The molecule has 0 heterocycles. The molecule has 0 bridgehead atoms. The lowest BCUT2D eigenvalue weighted by Gasteiger charge is -2.09. The first kappa shape index (κ1) is 14.5. The standard InChI is InChI=1S/C15H11BrF2N2/c16-14-7-11(9-19)1-2-15(14)20-4-3-10-5-12(17)8-13(18)6-10/h1-2,5-8,20H,3-4H2. The van der Waals surface area contributed by atoms with Gasteiger partial charge >= 0.3 is 0 Å². The molecule has 0 aromatic heterocycles. The molecule has 0 spiro atoms. The number of nitrogens with zero attached hydrogens (tertiary/aromatic N) is 1. The Kier molecular flexibility index (Phi) is 4.70. The predicted octanol–water partition coefficient (Wildman–Crippen LogP) is 4.25. The van der Waals surface area contributed by atoms with Crippen molar-refractivity contribution in [1.29, 1.82) is 5.26 Å². The molecule has 0 aliphatic carbocycles. The lowest BCUT2D eigenvalue weighted by molar-refractivity contribution is 0.580. The van der Waals surface area contributed by atoms with E-state index in [0.717, 1.165) is 16.2 Å². The molecule has 2 aromatic carbocycles. The van der Waals surface area contributed by atoms with Crippen LogP contribution >= 0.6 is 15.9 Å². The van der Waals surface area contributed by atoms with E-state index in [1.165, 1.54) is 12.1 Å². The van der Waals surface area contributed by atoms with Crippen molar-refractivity contribution in [3.8, 4) is 6.07 Å². The van der Waals surface area contributed by atoms with Crippen molar-refractivity contribution in [2.24, 2.45) is 0 Å². The Morgan fingerprint density at radius 3 is 2.40 bits per heavy atom. The van der Waals surface area contributed by atoms with E-state index in [9.17, 15) is 8.78 Å². The van der Waals surface area contributed by atoms with Crippen LogP contribution in [0.3, 0.4) is 0 Å². The minimum absolute atomic E-state index is 0.501. The second-order valence-corrected chi connectivity index (χ2v) is 5.12. The Labute approximate surface area is 124 Å².